The molecule has 0 unspecified atom stereocenters. The van der Waals surface area contributed by atoms with Crippen molar-refractivity contribution in [2.45, 2.75) is 20.8 Å². The van der Waals surface area contributed by atoms with Crippen LogP contribution in [0.25, 0.3) is 0 Å². The van der Waals surface area contributed by atoms with E-state index in [1.165, 1.54) is 0 Å². The van der Waals surface area contributed by atoms with Crippen molar-refractivity contribution in [1.29, 1.82) is 0 Å². The summed E-state index contributed by atoms with van der Waals surface area (Å²) in [5.74, 6) is 0.270. The van der Waals surface area contributed by atoms with E-state index in [-0.39, 0.29) is 11.2 Å². The molecule has 0 aromatic carbocycles. The van der Waals surface area contributed by atoms with Crippen molar-refractivity contribution in [2.24, 2.45) is 5.41 Å². The molecule has 0 bridgehead atoms. The Morgan fingerprint density at radius 2 is 2.00 bits per heavy atom. The third-order valence-electron chi connectivity index (χ3n) is 1.29. The number of halogens is 1. The summed E-state index contributed by atoms with van der Waals surface area (Å²) in [6, 6.07) is 0. The van der Waals surface area contributed by atoms with Gasteiger partial charge in [0.2, 0.25) is 0 Å². The van der Waals surface area contributed by atoms with Crippen molar-refractivity contribution in [3.63, 3.8) is 0 Å². The van der Waals surface area contributed by atoms with E-state index in [1.807, 2.05) is 13.8 Å². The largest absolute Gasteiger partial charge is 0.299 e. The molecule has 1 nitrogen and oxygen atoms in total. The van der Waals surface area contributed by atoms with Gasteiger partial charge in [0.25, 0.3) is 0 Å². The molecule has 0 amide bonds. The van der Waals surface area contributed by atoms with Crippen LogP contribution >= 0.6 is 22.6 Å². The Morgan fingerprint density at radius 1 is 1.62 bits per heavy atom. The van der Waals surface area contributed by atoms with Crippen LogP contribution in [0.1, 0.15) is 20.8 Å². The van der Waals surface area contributed by atoms with E-state index in [0.29, 0.717) is 0 Å². The van der Waals surface area contributed by atoms with Crippen molar-refractivity contribution >= 4 is 28.4 Å². The standard InChI is InChI=1S/C6H11IO/c1-5(8)6(2,3)4-7/h4H2,1-3H3. The zero-order valence-electron chi connectivity index (χ0n) is 5.49. The number of hydrogen-bond donors (Lipinski definition) is 0. The molecule has 0 spiro atoms. The maximum absolute atomic E-state index is 10.7. The highest BCUT2D eigenvalue weighted by atomic mass is 127. The molecule has 0 radical (unpaired) electrons. The number of ketones is 1. The Balaban J connectivity index is 3.91. The van der Waals surface area contributed by atoms with Gasteiger partial charge in [-0.15, -0.1) is 0 Å². The normalized spacial score (nSPS) is 11.5. The summed E-state index contributed by atoms with van der Waals surface area (Å²) in [6.07, 6.45) is 0. The molecule has 48 valence electrons. The van der Waals surface area contributed by atoms with Gasteiger partial charge in [0, 0.05) is 9.84 Å². The van der Waals surface area contributed by atoms with Gasteiger partial charge in [0.1, 0.15) is 5.78 Å². The van der Waals surface area contributed by atoms with Gasteiger partial charge in [-0.25, -0.2) is 0 Å². The van der Waals surface area contributed by atoms with E-state index in [9.17, 15) is 4.79 Å². The van der Waals surface area contributed by atoms with Gasteiger partial charge in [-0.1, -0.05) is 36.4 Å². The minimum Gasteiger partial charge on any atom is -0.299 e. The molecule has 0 saturated heterocycles. The Morgan fingerprint density at radius 3 is 2.00 bits per heavy atom. The first-order valence-electron chi connectivity index (χ1n) is 2.57. The van der Waals surface area contributed by atoms with Crippen LogP contribution < -0.4 is 0 Å². The number of alkyl halides is 1. The second kappa shape index (κ2) is 2.80. The average molecular weight is 226 g/mol. The third kappa shape index (κ3) is 2.11. The number of rotatable bonds is 2. The summed E-state index contributed by atoms with van der Waals surface area (Å²) in [5, 5.41) is 0. The lowest BCUT2D eigenvalue weighted by molar-refractivity contribution is -0.123. The van der Waals surface area contributed by atoms with E-state index in [4.69, 9.17) is 0 Å². The van der Waals surface area contributed by atoms with Gasteiger partial charge in [0.15, 0.2) is 0 Å². The lowest BCUT2D eigenvalue weighted by Crippen LogP contribution is -2.22. The van der Waals surface area contributed by atoms with Crippen LogP contribution in [0, 0.1) is 5.41 Å². The first kappa shape index (κ1) is 8.40. The summed E-state index contributed by atoms with van der Waals surface area (Å²) >= 11 is 2.22. The summed E-state index contributed by atoms with van der Waals surface area (Å²) in [5.41, 5.74) is -0.111. The molecule has 0 N–H and O–H groups in total. The van der Waals surface area contributed by atoms with Gasteiger partial charge in [-0.05, 0) is 6.92 Å². The van der Waals surface area contributed by atoms with Crippen molar-refractivity contribution < 1.29 is 4.79 Å². The van der Waals surface area contributed by atoms with Crippen LogP contribution in [0.15, 0.2) is 0 Å². The monoisotopic (exact) mass is 226 g/mol. The molecule has 0 saturated carbocycles. The number of carbonyl (C=O) groups is 1. The fourth-order valence-corrected chi connectivity index (χ4v) is 0.631. The predicted octanol–water partition coefficient (Wildman–Crippen LogP) is 2.04. The van der Waals surface area contributed by atoms with Crippen molar-refractivity contribution in [3.05, 3.63) is 0 Å². The summed E-state index contributed by atoms with van der Waals surface area (Å²) in [7, 11) is 0. The summed E-state index contributed by atoms with van der Waals surface area (Å²) in [4.78, 5) is 10.7. The summed E-state index contributed by atoms with van der Waals surface area (Å²) < 4.78 is 0.903. The highest BCUT2D eigenvalue weighted by Gasteiger charge is 2.20. The second-order valence-corrected chi connectivity index (χ2v) is 3.34. The molecular weight excluding hydrogens is 215 g/mol. The average Bonchev–Trinajstić information content (AvgIpc) is 1.67. The van der Waals surface area contributed by atoms with Crippen molar-refractivity contribution in [1.82, 2.24) is 0 Å². The minimum atomic E-state index is -0.111. The maximum atomic E-state index is 10.7. The molecular formula is C6H11IO. The molecule has 0 atom stereocenters. The molecule has 0 rings (SSSR count). The third-order valence-corrected chi connectivity index (χ3v) is 3.19. The van der Waals surface area contributed by atoms with Crippen LogP contribution in [0.5, 0.6) is 0 Å². The van der Waals surface area contributed by atoms with Crippen molar-refractivity contribution in [2.75, 3.05) is 4.43 Å². The first-order chi connectivity index (χ1) is 3.50. The highest BCUT2D eigenvalue weighted by Crippen LogP contribution is 2.18. The van der Waals surface area contributed by atoms with Gasteiger partial charge >= 0.3 is 0 Å². The van der Waals surface area contributed by atoms with Crippen LogP contribution in [-0.2, 0) is 4.79 Å². The van der Waals surface area contributed by atoms with Crippen molar-refractivity contribution in [3.8, 4) is 0 Å². The molecule has 0 aromatic heterocycles. The van der Waals surface area contributed by atoms with Gasteiger partial charge < -0.3 is 0 Å². The van der Waals surface area contributed by atoms with Crippen LogP contribution in [0.4, 0.5) is 0 Å². The topological polar surface area (TPSA) is 17.1 Å². The minimum absolute atomic E-state index is 0.111. The Hall–Kier alpha value is 0.400. The van der Waals surface area contributed by atoms with Crippen LogP contribution in [-0.4, -0.2) is 10.2 Å². The molecule has 8 heavy (non-hydrogen) atoms. The lowest BCUT2D eigenvalue weighted by atomic mass is 9.92. The molecule has 0 aliphatic carbocycles. The first-order valence-corrected chi connectivity index (χ1v) is 4.10. The Bertz CT molecular complexity index is 96.7. The predicted molar refractivity (Wildman–Crippen MR) is 43.3 cm³/mol. The quantitative estimate of drug-likeness (QED) is 0.520. The smallest absolute Gasteiger partial charge is 0.136 e. The fourth-order valence-electron chi connectivity index (χ4n) is 0.0941. The molecule has 0 aromatic rings. The second-order valence-electron chi connectivity index (χ2n) is 2.57. The van der Waals surface area contributed by atoms with E-state index < -0.39 is 0 Å². The SMILES string of the molecule is CC(=O)C(C)(C)CI. The Labute approximate surface area is 64.0 Å². The van der Waals surface area contributed by atoms with Crippen LogP contribution in [0.2, 0.25) is 0 Å². The molecule has 2 heteroatoms. The lowest BCUT2D eigenvalue weighted by Gasteiger charge is -2.15. The summed E-state index contributed by atoms with van der Waals surface area (Å²) in [6.45, 7) is 5.56. The number of carbonyl (C=O) groups excluding carboxylic acids is 1. The molecule has 0 heterocycles. The Kier molecular flexibility index (Phi) is 2.94. The highest BCUT2D eigenvalue weighted by molar-refractivity contribution is 14.1. The van der Waals surface area contributed by atoms with Gasteiger partial charge in [0.05, 0.1) is 0 Å². The molecule has 0 aliphatic heterocycles. The molecule has 0 aliphatic rings. The zero-order valence-corrected chi connectivity index (χ0v) is 7.65. The number of Topliss-reactive ketones (excluding diaryl/α,β-unsaturated/α-hetero) is 1. The number of hydrogen-bond acceptors (Lipinski definition) is 1. The fraction of sp³-hybridized carbons (Fsp3) is 0.833. The maximum Gasteiger partial charge on any atom is 0.136 e. The van der Waals surface area contributed by atoms with E-state index >= 15 is 0 Å². The zero-order chi connectivity index (χ0) is 6.78. The van der Waals surface area contributed by atoms with E-state index in [2.05, 4.69) is 22.6 Å². The van der Waals surface area contributed by atoms with Gasteiger partial charge in [-0.2, -0.15) is 0 Å². The van der Waals surface area contributed by atoms with Gasteiger partial charge in [-0.3, -0.25) is 4.79 Å². The van der Waals surface area contributed by atoms with Crippen LogP contribution in [0.3, 0.4) is 0 Å². The van der Waals surface area contributed by atoms with E-state index in [1.54, 1.807) is 6.92 Å². The van der Waals surface area contributed by atoms with E-state index in [0.717, 1.165) is 4.43 Å². The molecule has 0 fully saturated rings.